The van der Waals surface area contributed by atoms with Gasteiger partial charge in [-0.2, -0.15) is 0 Å². The van der Waals surface area contributed by atoms with Crippen LogP contribution in [0.5, 0.6) is 0 Å². The number of amides is 1. The second-order valence-electron chi connectivity index (χ2n) is 4.84. The minimum atomic E-state index is -0.148. The third kappa shape index (κ3) is 6.64. The van der Waals surface area contributed by atoms with Crippen LogP contribution in [0.3, 0.4) is 0 Å². The van der Waals surface area contributed by atoms with Gasteiger partial charge in [0.15, 0.2) is 0 Å². The van der Waals surface area contributed by atoms with Crippen LogP contribution in [0.25, 0.3) is 0 Å². The van der Waals surface area contributed by atoms with Gasteiger partial charge in [0.25, 0.3) is 0 Å². The summed E-state index contributed by atoms with van der Waals surface area (Å²) in [5.74, 6) is 0.135. The highest BCUT2D eigenvalue weighted by atomic mass is 16.1. The lowest BCUT2D eigenvalue weighted by Crippen LogP contribution is -2.45. The molecule has 3 N–H and O–H groups in total. The van der Waals surface area contributed by atoms with Crippen LogP contribution in [0.15, 0.2) is 30.0 Å². The van der Waals surface area contributed by atoms with E-state index in [0.717, 1.165) is 19.3 Å². The Bertz CT molecular complexity index is 351. The van der Waals surface area contributed by atoms with Crippen molar-refractivity contribution < 1.29 is 4.79 Å². The molecule has 0 aromatic carbocycles. The molecule has 0 heterocycles. The molecule has 0 saturated carbocycles. The number of aliphatic imine (C=N–C) groups is 1. The molecular formula is C14H26N4O. The van der Waals surface area contributed by atoms with Gasteiger partial charge in [-0.25, -0.2) is 4.99 Å². The average molecular weight is 266 g/mol. The Labute approximate surface area is 116 Å². The van der Waals surface area contributed by atoms with Crippen LogP contribution in [-0.4, -0.2) is 36.3 Å². The summed E-state index contributed by atoms with van der Waals surface area (Å²) in [7, 11) is 1.96. The molecule has 0 saturated heterocycles. The third-order valence-electron chi connectivity index (χ3n) is 3.19. The molecule has 0 radical (unpaired) electrons. The number of hydrogen-bond acceptors (Lipinski definition) is 3. The molecule has 0 rings (SSSR count). The smallest absolute Gasteiger partial charge is 0.243 e. The lowest BCUT2D eigenvalue weighted by atomic mass is 9.91. The van der Waals surface area contributed by atoms with E-state index in [0.29, 0.717) is 6.54 Å². The number of hydrogen-bond donors (Lipinski definition) is 2. The van der Waals surface area contributed by atoms with Crippen molar-refractivity contribution in [1.29, 1.82) is 0 Å². The predicted molar refractivity (Wildman–Crippen MR) is 80.7 cm³/mol. The highest BCUT2D eigenvalue weighted by Gasteiger charge is 2.26. The van der Waals surface area contributed by atoms with Crippen molar-refractivity contribution in [1.82, 2.24) is 10.2 Å². The summed E-state index contributed by atoms with van der Waals surface area (Å²) in [4.78, 5) is 17.2. The fraction of sp³-hybridized carbons (Fsp3) is 0.571. The first kappa shape index (κ1) is 17.2. The van der Waals surface area contributed by atoms with Gasteiger partial charge < -0.3 is 16.0 Å². The standard InChI is InChI=1S/C14H26N4O/c1-6-8-14(4,9-10-16-13(19)7-2)18(5)11-17-12(3)15/h7,11H,2-3,6,8-10,15H2,1,4-5H3,(H,16,19). The van der Waals surface area contributed by atoms with E-state index in [4.69, 9.17) is 5.73 Å². The molecule has 0 aliphatic carbocycles. The summed E-state index contributed by atoms with van der Waals surface area (Å²) < 4.78 is 0. The Morgan fingerprint density at radius 3 is 2.63 bits per heavy atom. The highest BCUT2D eigenvalue weighted by Crippen LogP contribution is 2.22. The van der Waals surface area contributed by atoms with Gasteiger partial charge in [0.1, 0.15) is 5.82 Å². The van der Waals surface area contributed by atoms with E-state index in [-0.39, 0.29) is 17.3 Å². The Morgan fingerprint density at radius 2 is 2.16 bits per heavy atom. The van der Waals surface area contributed by atoms with Gasteiger partial charge in [-0.1, -0.05) is 26.5 Å². The van der Waals surface area contributed by atoms with Crippen molar-refractivity contribution >= 4 is 12.2 Å². The minimum Gasteiger partial charge on any atom is -0.384 e. The minimum absolute atomic E-state index is 0.0812. The van der Waals surface area contributed by atoms with Crippen molar-refractivity contribution in [3.63, 3.8) is 0 Å². The molecule has 1 atom stereocenters. The van der Waals surface area contributed by atoms with Crippen LogP contribution >= 0.6 is 0 Å². The van der Waals surface area contributed by atoms with Gasteiger partial charge >= 0.3 is 0 Å². The number of carbonyl (C=O) groups is 1. The molecule has 0 aliphatic rings. The normalized spacial score (nSPS) is 13.8. The molecule has 5 heteroatoms. The van der Waals surface area contributed by atoms with Crippen molar-refractivity contribution in [2.24, 2.45) is 10.7 Å². The van der Waals surface area contributed by atoms with Gasteiger partial charge in [0.2, 0.25) is 5.91 Å². The van der Waals surface area contributed by atoms with Crippen LogP contribution in [0, 0.1) is 0 Å². The monoisotopic (exact) mass is 266 g/mol. The molecule has 108 valence electrons. The molecule has 1 unspecified atom stereocenters. The summed E-state index contributed by atoms with van der Waals surface area (Å²) >= 11 is 0. The van der Waals surface area contributed by atoms with E-state index in [1.165, 1.54) is 6.08 Å². The zero-order valence-electron chi connectivity index (χ0n) is 12.3. The number of nitrogens with two attached hydrogens (primary N) is 1. The van der Waals surface area contributed by atoms with Crippen LogP contribution in [0.2, 0.25) is 0 Å². The van der Waals surface area contributed by atoms with Gasteiger partial charge in [-0.05, 0) is 25.8 Å². The molecule has 0 aromatic heterocycles. The van der Waals surface area contributed by atoms with E-state index in [1.807, 2.05) is 11.9 Å². The molecule has 19 heavy (non-hydrogen) atoms. The number of carbonyl (C=O) groups excluding carboxylic acids is 1. The van der Waals surface area contributed by atoms with E-state index < -0.39 is 0 Å². The molecule has 0 aromatic rings. The van der Waals surface area contributed by atoms with E-state index in [1.54, 1.807) is 6.34 Å². The van der Waals surface area contributed by atoms with Crippen LogP contribution in [0.4, 0.5) is 0 Å². The summed E-state index contributed by atoms with van der Waals surface area (Å²) in [5.41, 5.74) is 5.35. The van der Waals surface area contributed by atoms with Crippen molar-refractivity contribution in [2.45, 2.75) is 38.6 Å². The number of nitrogens with one attached hydrogen (secondary N) is 1. The van der Waals surface area contributed by atoms with E-state index in [2.05, 4.69) is 37.3 Å². The number of rotatable bonds is 9. The third-order valence-corrected chi connectivity index (χ3v) is 3.19. The second kappa shape index (κ2) is 8.34. The summed E-state index contributed by atoms with van der Waals surface area (Å²) in [6.07, 6.45) is 5.83. The maximum absolute atomic E-state index is 11.1. The van der Waals surface area contributed by atoms with E-state index >= 15 is 0 Å². The molecule has 0 aliphatic heterocycles. The molecule has 0 spiro atoms. The van der Waals surface area contributed by atoms with Gasteiger partial charge in [-0.15, -0.1) is 0 Å². The van der Waals surface area contributed by atoms with Gasteiger partial charge in [0, 0.05) is 19.1 Å². The maximum Gasteiger partial charge on any atom is 0.243 e. The first-order valence-corrected chi connectivity index (χ1v) is 6.47. The summed E-state index contributed by atoms with van der Waals surface area (Å²) in [5, 5.41) is 2.80. The molecular weight excluding hydrogens is 240 g/mol. The quantitative estimate of drug-likeness (QED) is 0.378. The summed E-state index contributed by atoms with van der Waals surface area (Å²) in [6, 6.07) is 0. The van der Waals surface area contributed by atoms with Crippen LogP contribution in [-0.2, 0) is 4.79 Å². The van der Waals surface area contributed by atoms with Crippen molar-refractivity contribution in [3.05, 3.63) is 25.1 Å². The lowest BCUT2D eigenvalue weighted by molar-refractivity contribution is -0.116. The summed E-state index contributed by atoms with van der Waals surface area (Å²) in [6.45, 7) is 11.8. The van der Waals surface area contributed by atoms with Gasteiger partial charge in [-0.3, -0.25) is 4.79 Å². The fourth-order valence-corrected chi connectivity index (χ4v) is 1.84. The van der Waals surface area contributed by atoms with Crippen LogP contribution < -0.4 is 11.1 Å². The predicted octanol–water partition coefficient (Wildman–Crippen LogP) is 1.63. The topological polar surface area (TPSA) is 70.7 Å². The second-order valence-corrected chi connectivity index (χ2v) is 4.84. The van der Waals surface area contributed by atoms with Gasteiger partial charge in [0.05, 0.1) is 6.34 Å². The molecule has 5 nitrogen and oxygen atoms in total. The molecule has 0 fully saturated rings. The van der Waals surface area contributed by atoms with Crippen molar-refractivity contribution in [2.75, 3.05) is 13.6 Å². The fourth-order valence-electron chi connectivity index (χ4n) is 1.84. The SMILES string of the molecule is C=CC(=O)NCCC(C)(CCC)N(C)C=NC(=C)N. The molecule has 0 bridgehead atoms. The largest absolute Gasteiger partial charge is 0.384 e. The highest BCUT2D eigenvalue weighted by molar-refractivity contribution is 5.86. The first-order chi connectivity index (χ1) is 8.85. The van der Waals surface area contributed by atoms with Crippen molar-refractivity contribution in [3.8, 4) is 0 Å². The Hall–Kier alpha value is -1.78. The average Bonchev–Trinajstić information content (AvgIpc) is 2.35. The Balaban J connectivity index is 4.59. The lowest BCUT2D eigenvalue weighted by Gasteiger charge is -2.38. The maximum atomic E-state index is 11.1. The van der Waals surface area contributed by atoms with Crippen LogP contribution in [0.1, 0.15) is 33.1 Å². The molecule has 1 amide bonds. The van der Waals surface area contributed by atoms with E-state index in [9.17, 15) is 4.79 Å². The Morgan fingerprint density at radius 1 is 1.53 bits per heavy atom. The first-order valence-electron chi connectivity index (χ1n) is 6.47. The zero-order valence-corrected chi connectivity index (χ0v) is 12.3. The zero-order chi connectivity index (χ0) is 14.9. The number of nitrogens with zero attached hydrogens (tertiary/aromatic N) is 2. The Kier molecular flexibility index (Phi) is 7.56.